The van der Waals surface area contributed by atoms with Crippen LogP contribution in [0.25, 0.3) is 10.9 Å². The molecule has 24 heavy (non-hydrogen) atoms. The van der Waals surface area contributed by atoms with Gasteiger partial charge in [0, 0.05) is 22.3 Å². The lowest BCUT2D eigenvalue weighted by Gasteiger charge is -2.07. The average molecular weight is 322 g/mol. The van der Waals surface area contributed by atoms with Gasteiger partial charge in [0.05, 0.1) is 13.0 Å². The molecule has 0 aliphatic heterocycles. The van der Waals surface area contributed by atoms with Crippen molar-refractivity contribution < 1.29 is 9.53 Å². The zero-order valence-corrected chi connectivity index (χ0v) is 14.3. The molecule has 0 aliphatic rings. The van der Waals surface area contributed by atoms with Crippen molar-refractivity contribution in [3.05, 3.63) is 59.3 Å². The molecule has 2 aromatic carbocycles. The van der Waals surface area contributed by atoms with E-state index in [4.69, 9.17) is 4.74 Å². The molecule has 0 atom stereocenters. The van der Waals surface area contributed by atoms with Crippen molar-refractivity contribution in [3.8, 4) is 5.75 Å². The Morgan fingerprint density at radius 2 is 1.88 bits per heavy atom. The quantitative estimate of drug-likeness (QED) is 0.733. The molecular formula is C20H22N2O2. The maximum Gasteiger partial charge on any atom is 0.228 e. The Labute approximate surface area is 141 Å². The number of rotatable bonds is 5. The summed E-state index contributed by atoms with van der Waals surface area (Å²) in [4.78, 5) is 15.8. The van der Waals surface area contributed by atoms with E-state index in [2.05, 4.69) is 35.4 Å². The zero-order valence-electron chi connectivity index (χ0n) is 14.3. The van der Waals surface area contributed by atoms with E-state index in [1.54, 1.807) is 0 Å². The second kappa shape index (κ2) is 6.79. The van der Waals surface area contributed by atoms with Crippen LogP contribution in [0.5, 0.6) is 5.75 Å². The summed E-state index contributed by atoms with van der Waals surface area (Å²) in [6, 6.07) is 13.7. The molecule has 124 valence electrons. The van der Waals surface area contributed by atoms with Gasteiger partial charge in [-0.3, -0.25) is 4.79 Å². The van der Waals surface area contributed by atoms with Crippen LogP contribution >= 0.6 is 0 Å². The highest BCUT2D eigenvalue weighted by atomic mass is 16.5. The molecule has 4 nitrogen and oxygen atoms in total. The fourth-order valence-electron chi connectivity index (χ4n) is 2.89. The molecule has 3 aromatic rings. The number of nitrogens with one attached hydrogen (secondary N) is 2. The molecule has 0 unspecified atom stereocenters. The minimum atomic E-state index is -0.0235. The molecule has 0 saturated carbocycles. The molecule has 0 saturated heterocycles. The monoisotopic (exact) mass is 322 g/mol. The SMILES string of the molecule is CCOc1ccc(NC(=O)Cc2c(C)[nH]c3ccc(C)cc23)cc1. The number of H-pyrrole nitrogens is 1. The van der Waals surface area contributed by atoms with E-state index >= 15 is 0 Å². The molecule has 0 aliphatic carbocycles. The number of anilines is 1. The normalized spacial score (nSPS) is 10.8. The van der Waals surface area contributed by atoms with Gasteiger partial charge < -0.3 is 15.0 Å². The number of aromatic amines is 1. The molecule has 0 spiro atoms. The van der Waals surface area contributed by atoms with E-state index in [1.807, 2.05) is 38.1 Å². The van der Waals surface area contributed by atoms with E-state index in [0.717, 1.165) is 33.6 Å². The fraction of sp³-hybridized carbons (Fsp3) is 0.250. The third kappa shape index (κ3) is 3.43. The predicted octanol–water partition coefficient (Wildman–Crippen LogP) is 4.36. The Hall–Kier alpha value is -2.75. The van der Waals surface area contributed by atoms with E-state index in [0.29, 0.717) is 13.0 Å². The molecule has 3 rings (SSSR count). The standard InChI is InChI=1S/C20H22N2O2/c1-4-24-16-8-6-15(7-9-16)22-20(23)12-17-14(3)21-19-10-5-13(2)11-18(17)19/h5-11,21H,4,12H2,1-3H3,(H,22,23). The van der Waals surface area contributed by atoms with Crippen molar-refractivity contribution in [1.29, 1.82) is 0 Å². The largest absolute Gasteiger partial charge is 0.494 e. The first-order valence-electron chi connectivity index (χ1n) is 8.17. The van der Waals surface area contributed by atoms with Crippen molar-refractivity contribution >= 4 is 22.5 Å². The van der Waals surface area contributed by atoms with Gasteiger partial charge in [-0.2, -0.15) is 0 Å². The number of hydrogen-bond acceptors (Lipinski definition) is 2. The third-order valence-electron chi connectivity index (χ3n) is 4.06. The van der Waals surface area contributed by atoms with Gasteiger partial charge in [0.1, 0.15) is 5.75 Å². The van der Waals surface area contributed by atoms with Gasteiger partial charge in [-0.15, -0.1) is 0 Å². The molecule has 1 heterocycles. The van der Waals surface area contributed by atoms with Gasteiger partial charge in [0.25, 0.3) is 0 Å². The fourth-order valence-corrected chi connectivity index (χ4v) is 2.89. The molecule has 1 amide bonds. The molecule has 0 bridgehead atoms. The highest BCUT2D eigenvalue weighted by Crippen LogP contribution is 2.24. The Bertz CT molecular complexity index is 863. The highest BCUT2D eigenvalue weighted by Gasteiger charge is 2.13. The second-order valence-electron chi connectivity index (χ2n) is 5.96. The molecule has 0 fully saturated rings. The summed E-state index contributed by atoms with van der Waals surface area (Å²) in [6.45, 7) is 6.65. The number of hydrogen-bond donors (Lipinski definition) is 2. The minimum absolute atomic E-state index is 0.0235. The van der Waals surface area contributed by atoms with Crippen LogP contribution in [0.15, 0.2) is 42.5 Å². The van der Waals surface area contributed by atoms with Gasteiger partial charge in [-0.1, -0.05) is 11.6 Å². The minimum Gasteiger partial charge on any atom is -0.494 e. The van der Waals surface area contributed by atoms with Crippen LogP contribution in [0, 0.1) is 13.8 Å². The zero-order chi connectivity index (χ0) is 17.1. The van der Waals surface area contributed by atoms with Gasteiger partial charge in [0.15, 0.2) is 0 Å². The van der Waals surface area contributed by atoms with Crippen molar-refractivity contribution in [1.82, 2.24) is 4.98 Å². The van der Waals surface area contributed by atoms with E-state index in [9.17, 15) is 4.79 Å². The molecule has 0 radical (unpaired) electrons. The van der Waals surface area contributed by atoms with Crippen LogP contribution < -0.4 is 10.1 Å². The van der Waals surface area contributed by atoms with Crippen LogP contribution in [-0.2, 0) is 11.2 Å². The number of carbonyl (C=O) groups excluding carboxylic acids is 1. The Morgan fingerprint density at radius 1 is 1.12 bits per heavy atom. The summed E-state index contributed by atoms with van der Waals surface area (Å²) in [6.07, 6.45) is 0.350. The van der Waals surface area contributed by atoms with Gasteiger partial charge >= 0.3 is 0 Å². The van der Waals surface area contributed by atoms with Crippen LogP contribution in [0.2, 0.25) is 0 Å². The number of fused-ring (bicyclic) bond motifs is 1. The highest BCUT2D eigenvalue weighted by molar-refractivity contribution is 5.96. The Balaban J connectivity index is 1.75. The topological polar surface area (TPSA) is 54.1 Å². The Morgan fingerprint density at radius 3 is 2.58 bits per heavy atom. The lowest BCUT2D eigenvalue weighted by atomic mass is 10.1. The molecule has 1 aromatic heterocycles. The summed E-state index contributed by atoms with van der Waals surface area (Å²) >= 11 is 0. The first-order valence-corrected chi connectivity index (χ1v) is 8.17. The number of carbonyl (C=O) groups is 1. The second-order valence-corrected chi connectivity index (χ2v) is 5.96. The van der Waals surface area contributed by atoms with Crippen LogP contribution in [0.4, 0.5) is 5.69 Å². The van der Waals surface area contributed by atoms with Crippen molar-refractivity contribution in [3.63, 3.8) is 0 Å². The lowest BCUT2D eigenvalue weighted by Crippen LogP contribution is -2.14. The number of aryl methyl sites for hydroxylation is 2. The Kier molecular flexibility index (Phi) is 4.56. The molecule has 2 N–H and O–H groups in total. The first-order chi connectivity index (χ1) is 11.6. The van der Waals surface area contributed by atoms with E-state index < -0.39 is 0 Å². The maximum absolute atomic E-state index is 12.4. The van der Waals surface area contributed by atoms with Crippen LogP contribution in [0.3, 0.4) is 0 Å². The number of aromatic nitrogens is 1. The van der Waals surface area contributed by atoms with Gasteiger partial charge in [-0.25, -0.2) is 0 Å². The maximum atomic E-state index is 12.4. The van der Waals surface area contributed by atoms with Crippen molar-refractivity contribution in [2.75, 3.05) is 11.9 Å². The summed E-state index contributed by atoms with van der Waals surface area (Å²) < 4.78 is 5.41. The summed E-state index contributed by atoms with van der Waals surface area (Å²) in [5.41, 5.74) is 5.13. The first kappa shape index (κ1) is 16.1. The smallest absolute Gasteiger partial charge is 0.228 e. The number of benzene rings is 2. The summed E-state index contributed by atoms with van der Waals surface area (Å²) in [5, 5.41) is 4.07. The van der Waals surface area contributed by atoms with Gasteiger partial charge in [-0.05, 0) is 62.7 Å². The van der Waals surface area contributed by atoms with Crippen molar-refractivity contribution in [2.45, 2.75) is 27.2 Å². The average Bonchev–Trinajstić information content (AvgIpc) is 2.85. The van der Waals surface area contributed by atoms with Crippen LogP contribution in [-0.4, -0.2) is 17.5 Å². The predicted molar refractivity (Wildman–Crippen MR) is 97.7 cm³/mol. The van der Waals surface area contributed by atoms with Gasteiger partial charge in [0.2, 0.25) is 5.91 Å². The lowest BCUT2D eigenvalue weighted by molar-refractivity contribution is -0.115. The van der Waals surface area contributed by atoms with E-state index in [1.165, 1.54) is 5.56 Å². The molecular weight excluding hydrogens is 300 g/mol. The summed E-state index contributed by atoms with van der Waals surface area (Å²) in [7, 11) is 0. The molecule has 4 heteroatoms. The third-order valence-corrected chi connectivity index (χ3v) is 4.06. The van der Waals surface area contributed by atoms with E-state index in [-0.39, 0.29) is 5.91 Å². The number of amides is 1. The van der Waals surface area contributed by atoms with Crippen molar-refractivity contribution in [2.24, 2.45) is 0 Å². The summed E-state index contributed by atoms with van der Waals surface area (Å²) in [5.74, 6) is 0.781. The number of ether oxygens (including phenoxy) is 1. The van der Waals surface area contributed by atoms with Crippen LogP contribution in [0.1, 0.15) is 23.7 Å².